The van der Waals surface area contributed by atoms with Crippen LogP contribution in [-0.4, -0.2) is 21.7 Å². The first kappa shape index (κ1) is 15.5. The van der Waals surface area contributed by atoms with Gasteiger partial charge in [-0.3, -0.25) is 0 Å². The number of aliphatic hydroxyl groups is 1. The van der Waals surface area contributed by atoms with Crippen molar-refractivity contribution < 1.29 is 5.11 Å². The molecular formula is C15H19ClN4O. The van der Waals surface area contributed by atoms with E-state index in [4.69, 9.17) is 28.2 Å². The van der Waals surface area contributed by atoms with Crippen molar-refractivity contribution in [1.82, 2.24) is 9.97 Å². The van der Waals surface area contributed by atoms with E-state index >= 15 is 0 Å². The number of aryl methyl sites for hydroxylation is 1. The lowest BCUT2D eigenvalue weighted by Crippen LogP contribution is -2.07. The summed E-state index contributed by atoms with van der Waals surface area (Å²) in [6, 6.07) is 7.40. The molecule has 0 unspecified atom stereocenters. The third kappa shape index (κ3) is 4.06. The van der Waals surface area contributed by atoms with E-state index in [1.807, 2.05) is 24.3 Å². The van der Waals surface area contributed by atoms with E-state index in [0.29, 0.717) is 10.8 Å². The molecule has 0 saturated heterocycles. The first-order valence-electron chi connectivity index (χ1n) is 6.90. The monoisotopic (exact) mass is 306 g/mol. The Morgan fingerprint density at radius 1 is 1.00 bits per heavy atom. The Hall–Kier alpha value is -1.85. The number of nitrogens with zero attached hydrogens (tertiary/aromatic N) is 2. The Balaban J connectivity index is 2.31. The van der Waals surface area contributed by atoms with E-state index in [-0.39, 0.29) is 12.6 Å². The molecule has 5 nitrogen and oxygen atoms in total. The lowest BCUT2D eigenvalue weighted by atomic mass is 10.0. The SMILES string of the molecule is Nc1nc(N)c(-c2ccc(Cl)cc2)c(CCCCCO)n1. The maximum atomic E-state index is 8.83. The maximum absolute atomic E-state index is 8.83. The van der Waals surface area contributed by atoms with Gasteiger partial charge in [-0.05, 0) is 37.0 Å². The molecule has 0 radical (unpaired) electrons. The van der Waals surface area contributed by atoms with Gasteiger partial charge in [0.1, 0.15) is 5.82 Å². The van der Waals surface area contributed by atoms with E-state index in [1.54, 1.807) is 0 Å². The van der Waals surface area contributed by atoms with Crippen LogP contribution in [0.5, 0.6) is 0 Å². The highest BCUT2D eigenvalue weighted by Gasteiger charge is 2.13. The highest BCUT2D eigenvalue weighted by molar-refractivity contribution is 6.30. The molecule has 1 aromatic carbocycles. The molecule has 6 heteroatoms. The molecule has 0 aliphatic heterocycles. The number of halogens is 1. The van der Waals surface area contributed by atoms with Crippen LogP contribution >= 0.6 is 11.6 Å². The van der Waals surface area contributed by atoms with Gasteiger partial charge in [-0.25, -0.2) is 4.98 Å². The molecular weight excluding hydrogens is 288 g/mol. The van der Waals surface area contributed by atoms with Gasteiger partial charge < -0.3 is 16.6 Å². The summed E-state index contributed by atoms with van der Waals surface area (Å²) in [6.45, 7) is 0.206. The largest absolute Gasteiger partial charge is 0.396 e. The number of anilines is 2. The zero-order valence-corrected chi connectivity index (χ0v) is 12.5. The maximum Gasteiger partial charge on any atom is 0.222 e. The zero-order chi connectivity index (χ0) is 15.2. The molecule has 0 bridgehead atoms. The number of nitrogen functional groups attached to an aromatic ring is 2. The first-order valence-corrected chi connectivity index (χ1v) is 7.28. The third-order valence-electron chi connectivity index (χ3n) is 3.23. The second-order valence-electron chi connectivity index (χ2n) is 4.83. The normalized spacial score (nSPS) is 10.8. The van der Waals surface area contributed by atoms with Crippen molar-refractivity contribution in [1.29, 1.82) is 0 Å². The van der Waals surface area contributed by atoms with Crippen LogP contribution < -0.4 is 11.5 Å². The van der Waals surface area contributed by atoms with Crippen molar-refractivity contribution in [2.45, 2.75) is 25.7 Å². The molecule has 1 aromatic heterocycles. The summed E-state index contributed by atoms with van der Waals surface area (Å²) in [5.74, 6) is 0.560. The molecule has 2 rings (SSSR count). The summed E-state index contributed by atoms with van der Waals surface area (Å²) >= 11 is 5.92. The topological polar surface area (TPSA) is 98.0 Å². The van der Waals surface area contributed by atoms with Crippen molar-refractivity contribution in [2.75, 3.05) is 18.1 Å². The summed E-state index contributed by atoms with van der Waals surface area (Å²) < 4.78 is 0. The second-order valence-corrected chi connectivity index (χ2v) is 5.27. The Morgan fingerprint density at radius 3 is 2.38 bits per heavy atom. The van der Waals surface area contributed by atoms with Gasteiger partial charge in [0.05, 0.1) is 5.69 Å². The van der Waals surface area contributed by atoms with Crippen LogP contribution in [0.15, 0.2) is 24.3 Å². The van der Waals surface area contributed by atoms with Crippen LogP contribution in [0.4, 0.5) is 11.8 Å². The molecule has 0 spiro atoms. The Bertz CT molecular complexity index is 601. The van der Waals surface area contributed by atoms with Gasteiger partial charge in [0.25, 0.3) is 0 Å². The van der Waals surface area contributed by atoms with Crippen LogP contribution in [0.2, 0.25) is 5.02 Å². The van der Waals surface area contributed by atoms with Gasteiger partial charge in [0.15, 0.2) is 0 Å². The van der Waals surface area contributed by atoms with Gasteiger partial charge in [0.2, 0.25) is 5.95 Å². The average molecular weight is 307 g/mol. The minimum Gasteiger partial charge on any atom is -0.396 e. The highest BCUT2D eigenvalue weighted by atomic mass is 35.5. The molecule has 0 aliphatic carbocycles. The minimum absolute atomic E-state index is 0.183. The van der Waals surface area contributed by atoms with E-state index in [0.717, 1.165) is 42.5 Å². The first-order chi connectivity index (χ1) is 10.1. The fourth-order valence-corrected chi connectivity index (χ4v) is 2.37. The second kappa shape index (κ2) is 7.24. The average Bonchev–Trinajstić information content (AvgIpc) is 2.45. The van der Waals surface area contributed by atoms with Crippen molar-refractivity contribution >= 4 is 23.4 Å². The van der Waals surface area contributed by atoms with E-state index in [1.165, 1.54) is 0 Å². The van der Waals surface area contributed by atoms with E-state index in [2.05, 4.69) is 9.97 Å². The van der Waals surface area contributed by atoms with E-state index in [9.17, 15) is 0 Å². The summed E-state index contributed by atoms with van der Waals surface area (Å²) in [6.07, 6.45) is 3.37. The van der Waals surface area contributed by atoms with Crippen LogP contribution in [0.25, 0.3) is 11.1 Å². The van der Waals surface area contributed by atoms with Crippen molar-refractivity contribution in [3.8, 4) is 11.1 Å². The smallest absolute Gasteiger partial charge is 0.222 e. The van der Waals surface area contributed by atoms with Crippen LogP contribution in [0.1, 0.15) is 25.0 Å². The Kier molecular flexibility index (Phi) is 5.36. The molecule has 0 amide bonds. The Morgan fingerprint density at radius 2 is 1.71 bits per heavy atom. The summed E-state index contributed by atoms with van der Waals surface area (Å²) in [5.41, 5.74) is 14.3. The summed E-state index contributed by atoms with van der Waals surface area (Å²) in [4.78, 5) is 8.37. The van der Waals surface area contributed by atoms with Gasteiger partial charge >= 0.3 is 0 Å². The number of aromatic nitrogens is 2. The van der Waals surface area contributed by atoms with Crippen LogP contribution in [0.3, 0.4) is 0 Å². The Labute approximate surface area is 129 Å². The van der Waals surface area contributed by atoms with Crippen molar-refractivity contribution in [3.63, 3.8) is 0 Å². The quantitative estimate of drug-likeness (QED) is 0.713. The van der Waals surface area contributed by atoms with Gasteiger partial charge in [-0.1, -0.05) is 30.2 Å². The number of unbranched alkanes of at least 4 members (excludes halogenated alkanes) is 2. The lowest BCUT2D eigenvalue weighted by molar-refractivity contribution is 0.283. The molecule has 0 saturated carbocycles. The fraction of sp³-hybridized carbons (Fsp3) is 0.333. The molecule has 0 aliphatic rings. The third-order valence-corrected chi connectivity index (χ3v) is 3.49. The highest BCUT2D eigenvalue weighted by Crippen LogP contribution is 2.30. The minimum atomic E-state index is 0.183. The van der Waals surface area contributed by atoms with E-state index < -0.39 is 0 Å². The van der Waals surface area contributed by atoms with Crippen molar-refractivity contribution in [2.24, 2.45) is 0 Å². The number of rotatable bonds is 6. The van der Waals surface area contributed by atoms with Gasteiger partial charge in [-0.2, -0.15) is 4.98 Å². The number of hydrogen-bond acceptors (Lipinski definition) is 5. The standard InChI is InChI=1S/C15H19ClN4O/c16-11-7-5-10(6-8-11)13-12(4-2-1-3-9-21)19-15(18)20-14(13)17/h5-8,21H,1-4,9H2,(H4,17,18,19,20). The summed E-state index contributed by atoms with van der Waals surface area (Å²) in [7, 11) is 0. The number of hydrogen-bond donors (Lipinski definition) is 3. The van der Waals surface area contributed by atoms with Crippen LogP contribution in [0, 0.1) is 0 Å². The fourth-order valence-electron chi connectivity index (χ4n) is 2.24. The van der Waals surface area contributed by atoms with Crippen LogP contribution in [-0.2, 0) is 6.42 Å². The molecule has 1 heterocycles. The molecule has 0 fully saturated rings. The molecule has 5 N–H and O–H groups in total. The predicted octanol–water partition coefficient (Wildman–Crippen LogP) is 2.67. The zero-order valence-electron chi connectivity index (χ0n) is 11.7. The lowest BCUT2D eigenvalue weighted by Gasteiger charge is -2.12. The van der Waals surface area contributed by atoms with Gasteiger partial charge in [0, 0.05) is 17.2 Å². The number of aliphatic hydroxyl groups excluding tert-OH is 1. The summed E-state index contributed by atoms with van der Waals surface area (Å²) in [5, 5.41) is 9.50. The molecule has 112 valence electrons. The van der Waals surface area contributed by atoms with Gasteiger partial charge in [-0.15, -0.1) is 0 Å². The molecule has 2 aromatic rings. The predicted molar refractivity (Wildman–Crippen MR) is 85.9 cm³/mol. The molecule has 0 atom stereocenters. The molecule has 21 heavy (non-hydrogen) atoms. The number of benzene rings is 1. The van der Waals surface area contributed by atoms with Crippen molar-refractivity contribution in [3.05, 3.63) is 35.0 Å². The number of nitrogens with two attached hydrogens (primary N) is 2.